The summed E-state index contributed by atoms with van der Waals surface area (Å²) in [5.74, 6) is -0.172. The van der Waals surface area contributed by atoms with Gasteiger partial charge in [0.15, 0.2) is 0 Å². The van der Waals surface area contributed by atoms with E-state index in [1.165, 1.54) is 37.8 Å². The number of alkyl halides is 1. The first-order valence-corrected chi connectivity index (χ1v) is 9.72. The van der Waals surface area contributed by atoms with E-state index in [4.69, 9.17) is 4.65 Å². The van der Waals surface area contributed by atoms with Crippen molar-refractivity contribution in [2.75, 3.05) is 10.1 Å². The standard InChI is InChI=1S/C15H14BBrNO5S/c17-4-3-9-5-11(19)1-2-15(9)24(21,22)18-13-7-12-10(6-14(13)20)8-23-16-12/h1-2,5-7,18-20H,3-4,8H2. The minimum atomic E-state index is -3.92. The second-order valence-electron chi connectivity index (χ2n) is 5.33. The summed E-state index contributed by atoms with van der Waals surface area (Å²) in [5, 5.41) is 20.2. The van der Waals surface area contributed by atoms with Crippen molar-refractivity contribution in [2.45, 2.75) is 17.9 Å². The molecule has 2 aromatic carbocycles. The number of aryl methyl sites for hydroxylation is 1. The van der Waals surface area contributed by atoms with Crippen molar-refractivity contribution < 1.29 is 23.3 Å². The molecular formula is C15H14BBrNO5S. The average molecular weight is 411 g/mol. The number of halogens is 1. The Hall–Kier alpha value is -1.71. The van der Waals surface area contributed by atoms with Gasteiger partial charge in [0.25, 0.3) is 10.0 Å². The summed E-state index contributed by atoms with van der Waals surface area (Å²) in [7, 11) is -2.40. The maximum atomic E-state index is 12.7. The van der Waals surface area contributed by atoms with E-state index >= 15 is 0 Å². The number of aromatic hydroxyl groups is 2. The van der Waals surface area contributed by atoms with Gasteiger partial charge in [-0.2, -0.15) is 0 Å². The van der Waals surface area contributed by atoms with Crippen LogP contribution in [0.1, 0.15) is 11.1 Å². The van der Waals surface area contributed by atoms with Crippen LogP contribution in [0, 0.1) is 0 Å². The Morgan fingerprint density at radius 1 is 1.25 bits per heavy atom. The van der Waals surface area contributed by atoms with Gasteiger partial charge >= 0.3 is 7.48 Å². The zero-order chi connectivity index (χ0) is 17.3. The second-order valence-corrected chi connectivity index (χ2v) is 7.78. The summed E-state index contributed by atoms with van der Waals surface area (Å²) >= 11 is 3.27. The number of hydrogen-bond acceptors (Lipinski definition) is 5. The van der Waals surface area contributed by atoms with Gasteiger partial charge in [0.1, 0.15) is 11.5 Å². The van der Waals surface area contributed by atoms with Gasteiger partial charge in [-0.1, -0.05) is 15.9 Å². The van der Waals surface area contributed by atoms with Crippen LogP contribution in [-0.4, -0.2) is 31.4 Å². The van der Waals surface area contributed by atoms with Crippen molar-refractivity contribution in [3.8, 4) is 11.5 Å². The molecule has 2 aromatic rings. The molecule has 0 bridgehead atoms. The van der Waals surface area contributed by atoms with Gasteiger partial charge < -0.3 is 14.9 Å². The monoisotopic (exact) mass is 410 g/mol. The highest BCUT2D eigenvalue weighted by atomic mass is 79.9. The first kappa shape index (κ1) is 17.1. The Balaban J connectivity index is 1.98. The fourth-order valence-electron chi connectivity index (χ4n) is 2.51. The van der Waals surface area contributed by atoms with Crippen molar-refractivity contribution >= 4 is 44.6 Å². The molecule has 1 aliphatic rings. The Morgan fingerprint density at radius 3 is 2.79 bits per heavy atom. The number of hydrogen-bond donors (Lipinski definition) is 3. The largest absolute Gasteiger partial charge is 0.508 e. The number of sulfonamides is 1. The highest BCUT2D eigenvalue weighted by Gasteiger charge is 2.23. The lowest BCUT2D eigenvalue weighted by molar-refractivity contribution is 0.344. The first-order valence-electron chi connectivity index (χ1n) is 7.12. The van der Waals surface area contributed by atoms with Crippen molar-refractivity contribution in [3.05, 3.63) is 41.5 Å². The second kappa shape index (κ2) is 6.66. The number of anilines is 1. The van der Waals surface area contributed by atoms with Crippen molar-refractivity contribution in [3.63, 3.8) is 0 Å². The van der Waals surface area contributed by atoms with E-state index in [2.05, 4.69) is 20.7 Å². The lowest BCUT2D eigenvalue weighted by Crippen LogP contribution is -2.18. The van der Waals surface area contributed by atoms with Crippen LogP contribution in [0.15, 0.2) is 35.2 Å². The molecule has 1 radical (unpaired) electrons. The fourth-order valence-corrected chi connectivity index (χ4v) is 4.25. The number of phenolic OH excluding ortho intramolecular Hbond substituents is 2. The molecule has 9 heteroatoms. The first-order chi connectivity index (χ1) is 11.4. The van der Waals surface area contributed by atoms with Crippen LogP contribution >= 0.6 is 15.9 Å². The Kier molecular flexibility index (Phi) is 4.75. The van der Waals surface area contributed by atoms with Crippen molar-refractivity contribution in [2.24, 2.45) is 0 Å². The third-order valence-corrected chi connectivity index (χ3v) is 5.51. The zero-order valence-electron chi connectivity index (χ0n) is 12.5. The molecule has 6 nitrogen and oxygen atoms in total. The molecule has 0 atom stereocenters. The van der Waals surface area contributed by atoms with Crippen LogP contribution in [0.3, 0.4) is 0 Å². The molecule has 0 aromatic heterocycles. The van der Waals surface area contributed by atoms with Crippen LogP contribution in [0.25, 0.3) is 0 Å². The van der Waals surface area contributed by atoms with E-state index in [1.54, 1.807) is 0 Å². The van der Waals surface area contributed by atoms with Gasteiger partial charge in [-0.05, 0) is 53.3 Å². The topological polar surface area (TPSA) is 95.9 Å². The molecule has 24 heavy (non-hydrogen) atoms. The summed E-state index contributed by atoms with van der Waals surface area (Å²) in [5.41, 5.74) is 2.07. The van der Waals surface area contributed by atoms with Gasteiger partial charge in [0.05, 0.1) is 17.2 Å². The molecule has 0 saturated carbocycles. The van der Waals surface area contributed by atoms with Crippen molar-refractivity contribution in [1.82, 2.24) is 0 Å². The quantitative estimate of drug-likeness (QED) is 0.395. The number of nitrogens with one attached hydrogen (secondary N) is 1. The smallest absolute Gasteiger partial charge is 0.330 e. The van der Waals surface area contributed by atoms with Crippen LogP contribution in [0.4, 0.5) is 5.69 Å². The molecule has 125 valence electrons. The summed E-state index contributed by atoms with van der Waals surface area (Å²) in [6.07, 6.45) is 0.433. The van der Waals surface area contributed by atoms with E-state index in [-0.39, 0.29) is 22.1 Å². The van der Waals surface area contributed by atoms with Gasteiger partial charge in [-0.3, -0.25) is 4.72 Å². The maximum Gasteiger partial charge on any atom is 0.330 e. The Bertz CT molecular complexity index is 888. The lowest BCUT2D eigenvalue weighted by atomic mass is 9.87. The molecule has 0 aliphatic carbocycles. The number of benzene rings is 2. The van der Waals surface area contributed by atoms with Crippen LogP contribution in [0.5, 0.6) is 11.5 Å². The van der Waals surface area contributed by atoms with Crippen LogP contribution in [-0.2, 0) is 27.7 Å². The predicted octanol–water partition coefficient (Wildman–Crippen LogP) is 1.61. The summed E-state index contributed by atoms with van der Waals surface area (Å²) in [6.45, 7) is 0.350. The molecular weight excluding hydrogens is 397 g/mol. The number of fused-ring (bicyclic) bond motifs is 1. The average Bonchev–Trinajstić information content (AvgIpc) is 2.94. The molecule has 3 N–H and O–H groups in total. The van der Waals surface area contributed by atoms with E-state index in [0.29, 0.717) is 23.9 Å². The maximum absolute atomic E-state index is 12.7. The molecule has 1 aliphatic heterocycles. The molecule has 0 fully saturated rings. The molecule has 0 saturated heterocycles. The van der Waals surface area contributed by atoms with Gasteiger partial charge in [0, 0.05) is 5.33 Å². The van der Waals surface area contributed by atoms with E-state index in [9.17, 15) is 18.6 Å². The number of rotatable bonds is 5. The van der Waals surface area contributed by atoms with E-state index in [0.717, 1.165) is 11.0 Å². The third kappa shape index (κ3) is 3.38. The molecule has 0 unspecified atom stereocenters. The highest BCUT2D eigenvalue weighted by Crippen LogP contribution is 2.29. The highest BCUT2D eigenvalue weighted by molar-refractivity contribution is 9.09. The van der Waals surface area contributed by atoms with E-state index in [1.807, 2.05) is 0 Å². The van der Waals surface area contributed by atoms with Crippen molar-refractivity contribution in [1.29, 1.82) is 0 Å². The summed E-state index contributed by atoms with van der Waals surface area (Å²) < 4.78 is 33.0. The third-order valence-electron chi connectivity index (χ3n) is 3.65. The molecule has 0 spiro atoms. The van der Waals surface area contributed by atoms with Crippen LogP contribution < -0.4 is 10.2 Å². The van der Waals surface area contributed by atoms with Crippen LogP contribution in [0.2, 0.25) is 0 Å². The number of phenols is 2. The zero-order valence-corrected chi connectivity index (χ0v) is 14.9. The molecule has 0 amide bonds. The van der Waals surface area contributed by atoms with E-state index < -0.39 is 10.0 Å². The van der Waals surface area contributed by atoms with Gasteiger partial charge in [0.2, 0.25) is 0 Å². The Labute approximate surface area is 148 Å². The summed E-state index contributed by atoms with van der Waals surface area (Å²) in [4.78, 5) is 0.0554. The molecule has 3 rings (SSSR count). The fraction of sp³-hybridized carbons (Fsp3) is 0.200. The SMILES string of the molecule is O=S(=O)(Nc1cc2c(cc1O)CO[B]2)c1ccc(O)cc1CCBr. The van der Waals surface area contributed by atoms with Gasteiger partial charge in [-0.25, -0.2) is 8.42 Å². The predicted molar refractivity (Wildman–Crippen MR) is 94.7 cm³/mol. The summed E-state index contributed by atoms with van der Waals surface area (Å²) in [6, 6.07) is 7.08. The minimum absolute atomic E-state index is 0.00275. The van der Waals surface area contributed by atoms with Gasteiger partial charge in [-0.15, -0.1) is 0 Å². The molecule has 1 heterocycles. The lowest BCUT2D eigenvalue weighted by Gasteiger charge is -2.14. The minimum Gasteiger partial charge on any atom is -0.508 e. The Morgan fingerprint density at radius 2 is 2.04 bits per heavy atom. The normalized spacial score (nSPS) is 13.4.